The zero-order chi connectivity index (χ0) is 18.6. The molecule has 0 spiro atoms. The van der Waals surface area contributed by atoms with E-state index in [1.165, 1.54) is 0 Å². The molecule has 0 saturated carbocycles. The molecule has 2 aromatic heterocycles. The summed E-state index contributed by atoms with van der Waals surface area (Å²) < 4.78 is 1.06. The second-order valence-electron chi connectivity index (χ2n) is 5.81. The molecule has 0 atom stereocenters. The minimum Gasteiger partial charge on any atom is -0.245 e. The molecule has 4 aromatic rings. The van der Waals surface area contributed by atoms with Gasteiger partial charge in [-0.15, -0.1) is 22.7 Å². The van der Waals surface area contributed by atoms with Crippen molar-refractivity contribution in [3.8, 4) is 11.3 Å². The van der Waals surface area contributed by atoms with Crippen molar-refractivity contribution in [2.45, 2.75) is 16.5 Å². The normalized spacial score (nSPS) is 11.0. The van der Waals surface area contributed by atoms with Crippen LogP contribution in [0.3, 0.4) is 0 Å². The fourth-order valence-electron chi connectivity index (χ4n) is 2.52. The average molecular weight is 449 g/mol. The maximum absolute atomic E-state index is 6.09. The molecular formula is C20H14Cl2N2S3. The Bertz CT molecular complexity index is 1040. The van der Waals surface area contributed by atoms with Crippen molar-refractivity contribution in [1.29, 1.82) is 0 Å². The minimum atomic E-state index is 0.579. The molecule has 0 aliphatic heterocycles. The van der Waals surface area contributed by atoms with Crippen molar-refractivity contribution in [2.75, 3.05) is 0 Å². The summed E-state index contributed by atoms with van der Waals surface area (Å²) in [6.07, 6.45) is 0.766. The van der Waals surface area contributed by atoms with Gasteiger partial charge >= 0.3 is 0 Å². The van der Waals surface area contributed by atoms with Crippen molar-refractivity contribution in [3.05, 3.63) is 85.6 Å². The van der Waals surface area contributed by atoms with Gasteiger partial charge in [-0.25, -0.2) is 9.97 Å². The van der Waals surface area contributed by atoms with Gasteiger partial charge in [0.1, 0.15) is 0 Å². The van der Waals surface area contributed by atoms with E-state index in [9.17, 15) is 0 Å². The number of hydrogen-bond donors (Lipinski definition) is 0. The summed E-state index contributed by atoms with van der Waals surface area (Å²) in [6, 6.07) is 16.0. The van der Waals surface area contributed by atoms with Gasteiger partial charge in [-0.05, 0) is 17.7 Å². The lowest BCUT2D eigenvalue weighted by atomic mass is 10.2. The summed E-state index contributed by atoms with van der Waals surface area (Å²) in [5.74, 6) is 0.819. The molecule has 2 heterocycles. The molecule has 0 radical (unpaired) electrons. The van der Waals surface area contributed by atoms with Crippen molar-refractivity contribution < 1.29 is 0 Å². The van der Waals surface area contributed by atoms with E-state index in [1.54, 1.807) is 34.4 Å². The number of rotatable bonds is 6. The summed E-state index contributed by atoms with van der Waals surface area (Å²) in [6.45, 7) is 0. The van der Waals surface area contributed by atoms with Crippen molar-refractivity contribution in [3.63, 3.8) is 0 Å². The number of halogens is 2. The van der Waals surface area contributed by atoms with Crippen molar-refractivity contribution in [2.24, 2.45) is 0 Å². The first-order valence-corrected chi connectivity index (χ1v) is 11.7. The second kappa shape index (κ2) is 8.76. The fourth-order valence-corrected chi connectivity index (χ4v) is 5.50. The van der Waals surface area contributed by atoms with Crippen molar-refractivity contribution >= 4 is 57.6 Å². The molecule has 0 aliphatic rings. The van der Waals surface area contributed by atoms with E-state index < -0.39 is 0 Å². The van der Waals surface area contributed by atoms with Gasteiger partial charge in [0.2, 0.25) is 0 Å². The molecule has 2 aromatic carbocycles. The predicted molar refractivity (Wildman–Crippen MR) is 118 cm³/mol. The first-order valence-electron chi connectivity index (χ1n) is 8.18. The Morgan fingerprint density at radius 3 is 2.56 bits per heavy atom. The SMILES string of the molecule is Clc1ccc(Cc2nc(CSc3nc(-c4ccccc4)cs3)cs2)cc1Cl. The maximum Gasteiger partial charge on any atom is 0.150 e. The van der Waals surface area contributed by atoms with E-state index in [2.05, 4.69) is 22.9 Å². The zero-order valence-corrected chi connectivity index (χ0v) is 18.0. The van der Waals surface area contributed by atoms with E-state index >= 15 is 0 Å². The van der Waals surface area contributed by atoms with Crippen LogP contribution in [0, 0.1) is 0 Å². The van der Waals surface area contributed by atoms with Gasteiger partial charge < -0.3 is 0 Å². The number of benzene rings is 2. The molecule has 136 valence electrons. The molecule has 27 heavy (non-hydrogen) atoms. The molecule has 0 N–H and O–H groups in total. The molecule has 0 bridgehead atoms. The van der Waals surface area contributed by atoms with E-state index in [0.717, 1.165) is 44.0 Å². The highest BCUT2D eigenvalue weighted by atomic mass is 35.5. The third-order valence-electron chi connectivity index (χ3n) is 3.83. The summed E-state index contributed by atoms with van der Waals surface area (Å²) in [5.41, 5.74) is 4.38. The van der Waals surface area contributed by atoms with E-state index in [1.807, 2.05) is 36.4 Å². The van der Waals surface area contributed by atoms with Crippen LogP contribution in [0.25, 0.3) is 11.3 Å². The van der Waals surface area contributed by atoms with Gasteiger partial charge in [0.05, 0.1) is 26.4 Å². The van der Waals surface area contributed by atoms with Crippen LogP contribution >= 0.6 is 57.6 Å². The highest BCUT2D eigenvalue weighted by Gasteiger charge is 2.08. The van der Waals surface area contributed by atoms with Gasteiger partial charge in [-0.1, -0.05) is 71.4 Å². The quantitative estimate of drug-likeness (QED) is 0.286. The van der Waals surface area contributed by atoms with Crippen molar-refractivity contribution in [1.82, 2.24) is 9.97 Å². The Morgan fingerprint density at radius 2 is 1.74 bits per heavy atom. The van der Waals surface area contributed by atoms with Gasteiger partial charge in [0.25, 0.3) is 0 Å². The first-order chi connectivity index (χ1) is 13.2. The maximum atomic E-state index is 6.09. The van der Waals surface area contributed by atoms with Crippen LogP contribution in [0.1, 0.15) is 16.3 Å². The summed E-state index contributed by atoms with van der Waals surface area (Å²) in [7, 11) is 0. The Balaban J connectivity index is 1.37. The Hall–Kier alpha value is -1.37. The number of thioether (sulfide) groups is 1. The number of hydrogen-bond acceptors (Lipinski definition) is 5. The molecule has 2 nitrogen and oxygen atoms in total. The van der Waals surface area contributed by atoms with Gasteiger partial charge in [-0.3, -0.25) is 0 Å². The molecule has 4 rings (SSSR count). The molecule has 7 heteroatoms. The highest BCUT2D eigenvalue weighted by Crippen LogP contribution is 2.31. The number of nitrogens with zero attached hydrogens (tertiary/aromatic N) is 2. The molecule has 0 fully saturated rings. The van der Waals surface area contributed by atoms with Crippen LogP contribution < -0.4 is 0 Å². The minimum absolute atomic E-state index is 0.579. The molecule has 0 saturated heterocycles. The molecule has 0 amide bonds. The Morgan fingerprint density at radius 1 is 0.889 bits per heavy atom. The lowest BCUT2D eigenvalue weighted by Gasteiger charge is -2.00. The molecular weight excluding hydrogens is 435 g/mol. The monoisotopic (exact) mass is 448 g/mol. The second-order valence-corrected chi connectivity index (χ2v) is 9.65. The van der Waals surface area contributed by atoms with Crippen LogP contribution in [-0.4, -0.2) is 9.97 Å². The average Bonchev–Trinajstić information content (AvgIpc) is 3.33. The van der Waals surface area contributed by atoms with Crippen LogP contribution in [0.5, 0.6) is 0 Å². The number of aromatic nitrogens is 2. The standard InChI is InChI=1S/C20H14Cl2N2S3/c21-16-7-6-13(8-17(16)22)9-19-23-15(10-25-19)11-26-20-24-18(12-27-20)14-4-2-1-3-5-14/h1-8,10,12H,9,11H2. The van der Waals surface area contributed by atoms with Crippen LogP contribution in [-0.2, 0) is 12.2 Å². The fraction of sp³-hybridized carbons (Fsp3) is 0.100. The first kappa shape index (κ1) is 19.0. The smallest absolute Gasteiger partial charge is 0.150 e. The zero-order valence-electron chi connectivity index (χ0n) is 14.1. The topological polar surface area (TPSA) is 25.8 Å². The lowest BCUT2D eigenvalue weighted by molar-refractivity contribution is 1.09. The summed E-state index contributed by atoms with van der Waals surface area (Å²) in [4.78, 5) is 9.45. The largest absolute Gasteiger partial charge is 0.245 e. The van der Waals surface area contributed by atoms with Gasteiger partial charge in [0.15, 0.2) is 4.34 Å². The lowest BCUT2D eigenvalue weighted by Crippen LogP contribution is -1.89. The third kappa shape index (κ3) is 4.92. The number of thiazole rings is 2. The molecule has 0 unspecified atom stereocenters. The Kier molecular flexibility index (Phi) is 6.15. The van der Waals surface area contributed by atoms with E-state index in [-0.39, 0.29) is 0 Å². The van der Waals surface area contributed by atoms with E-state index in [0.29, 0.717) is 10.0 Å². The van der Waals surface area contributed by atoms with Gasteiger partial charge in [-0.2, -0.15) is 0 Å². The van der Waals surface area contributed by atoms with Crippen LogP contribution in [0.15, 0.2) is 63.6 Å². The third-order valence-corrected chi connectivity index (χ3v) is 7.53. The van der Waals surface area contributed by atoms with Crippen LogP contribution in [0.4, 0.5) is 0 Å². The summed E-state index contributed by atoms with van der Waals surface area (Å²) in [5, 5.41) is 6.46. The van der Waals surface area contributed by atoms with Gasteiger partial charge in [0, 0.05) is 28.5 Å². The Labute approximate surface area is 180 Å². The van der Waals surface area contributed by atoms with Crippen LogP contribution in [0.2, 0.25) is 10.0 Å². The molecule has 0 aliphatic carbocycles. The van der Waals surface area contributed by atoms with E-state index in [4.69, 9.17) is 33.2 Å². The predicted octanol–water partition coefficient (Wildman–Crippen LogP) is 7.46. The highest BCUT2D eigenvalue weighted by molar-refractivity contribution is 8.00. The summed E-state index contributed by atoms with van der Waals surface area (Å²) >= 11 is 17.1.